The van der Waals surface area contributed by atoms with Crippen molar-refractivity contribution in [1.82, 2.24) is 10.2 Å². The van der Waals surface area contributed by atoms with E-state index in [1.807, 2.05) is 25.8 Å². The molecule has 19 heavy (non-hydrogen) atoms. The van der Waals surface area contributed by atoms with Crippen molar-refractivity contribution < 1.29 is 9.18 Å². The number of nitrogens with zero attached hydrogens (tertiary/aromatic N) is 1. The smallest absolute Gasteiger partial charge is 0.234 e. The molecule has 1 rings (SSSR count). The third kappa shape index (κ3) is 4.96. The molecule has 3 N–H and O–H groups in total. The molecule has 0 radical (unpaired) electrons. The van der Waals surface area contributed by atoms with Gasteiger partial charge in [0.1, 0.15) is 5.82 Å². The van der Waals surface area contributed by atoms with Crippen LogP contribution in [0.15, 0.2) is 24.3 Å². The summed E-state index contributed by atoms with van der Waals surface area (Å²) in [5, 5.41) is 2.83. The molecule has 1 unspecified atom stereocenters. The number of carbonyl (C=O) groups is 1. The van der Waals surface area contributed by atoms with Crippen molar-refractivity contribution in [2.24, 2.45) is 5.73 Å². The van der Waals surface area contributed by atoms with E-state index in [0.29, 0.717) is 6.54 Å². The van der Waals surface area contributed by atoms with Crippen LogP contribution in [0.25, 0.3) is 0 Å². The fourth-order valence-electron chi connectivity index (χ4n) is 1.96. The van der Waals surface area contributed by atoms with Crippen LogP contribution in [0, 0.1) is 5.82 Å². The van der Waals surface area contributed by atoms with Crippen molar-refractivity contribution in [2.75, 3.05) is 20.1 Å². The predicted molar refractivity (Wildman–Crippen MR) is 74.1 cm³/mol. The monoisotopic (exact) mass is 267 g/mol. The number of nitrogens with two attached hydrogens (primary N) is 1. The summed E-state index contributed by atoms with van der Waals surface area (Å²) in [4.78, 5) is 13.6. The van der Waals surface area contributed by atoms with Crippen LogP contribution in [0.3, 0.4) is 0 Å². The second-order valence-corrected chi connectivity index (χ2v) is 4.94. The summed E-state index contributed by atoms with van der Waals surface area (Å²) in [5.41, 5.74) is 6.66. The average molecular weight is 267 g/mol. The molecule has 0 aliphatic heterocycles. The number of benzene rings is 1. The minimum atomic E-state index is -0.278. The van der Waals surface area contributed by atoms with E-state index in [2.05, 4.69) is 5.32 Å². The molecule has 0 saturated heterocycles. The number of halogens is 1. The number of carbonyl (C=O) groups excluding carboxylic acids is 1. The molecule has 0 aromatic heterocycles. The van der Waals surface area contributed by atoms with Crippen molar-refractivity contribution in [2.45, 2.75) is 25.9 Å². The van der Waals surface area contributed by atoms with Crippen LogP contribution in [0.2, 0.25) is 0 Å². The zero-order valence-electron chi connectivity index (χ0n) is 11.7. The normalized spacial score (nSPS) is 12.8. The molecule has 0 bridgehead atoms. The largest absolute Gasteiger partial charge is 0.353 e. The van der Waals surface area contributed by atoms with Crippen molar-refractivity contribution in [1.29, 1.82) is 0 Å². The molecule has 0 aliphatic carbocycles. The van der Waals surface area contributed by atoms with Gasteiger partial charge in [-0.2, -0.15) is 0 Å². The van der Waals surface area contributed by atoms with E-state index in [1.54, 1.807) is 12.1 Å². The first-order chi connectivity index (χ1) is 8.93. The highest BCUT2D eigenvalue weighted by molar-refractivity contribution is 5.78. The molecule has 106 valence electrons. The minimum Gasteiger partial charge on any atom is -0.353 e. The lowest BCUT2D eigenvalue weighted by molar-refractivity contribution is -0.122. The van der Waals surface area contributed by atoms with Gasteiger partial charge in [0.25, 0.3) is 0 Å². The molecule has 0 heterocycles. The maximum atomic E-state index is 12.9. The Morgan fingerprint density at radius 1 is 1.37 bits per heavy atom. The van der Waals surface area contributed by atoms with Gasteiger partial charge in [-0.15, -0.1) is 0 Å². The van der Waals surface area contributed by atoms with Gasteiger partial charge < -0.3 is 11.1 Å². The Balaban J connectivity index is 2.68. The van der Waals surface area contributed by atoms with E-state index in [9.17, 15) is 9.18 Å². The third-order valence-electron chi connectivity index (χ3n) is 2.85. The first-order valence-corrected chi connectivity index (χ1v) is 6.39. The molecule has 1 aromatic carbocycles. The second-order valence-electron chi connectivity index (χ2n) is 4.94. The number of hydrogen-bond acceptors (Lipinski definition) is 3. The first-order valence-electron chi connectivity index (χ1n) is 6.39. The highest BCUT2D eigenvalue weighted by Gasteiger charge is 2.18. The van der Waals surface area contributed by atoms with Crippen LogP contribution < -0.4 is 11.1 Å². The molecule has 0 aliphatic rings. The van der Waals surface area contributed by atoms with Gasteiger partial charge in [0.05, 0.1) is 6.54 Å². The number of amides is 1. The molecule has 1 atom stereocenters. The van der Waals surface area contributed by atoms with E-state index in [0.717, 1.165) is 5.56 Å². The van der Waals surface area contributed by atoms with E-state index in [4.69, 9.17) is 5.73 Å². The zero-order chi connectivity index (χ0) is 14.4. The van der Waals surface area contributed by atoms with Crippen LogP contribution in [-0.4, -0.2) is 37.0 Å². The van der Waals surface area contributed by atoms with Crippen molar-refractivity contribution >= 4 is 5.91 Å². The SMILES string of the molecule is CC(C)NC(=O)CN(C)C(CN)c1ccc(F)cc1. The Bertz CT molecular complexity index is 406. The Morgan fingerprint density at radius 2 is 1.95 bits per heavy atom. The minimum absolute atomic E-state index is 0.0435. The summed E-state index contributed by atoms with van der Waals surface area (Å²) in [5.74, 6) is -0.321. The molecular formula is C14H22FN3O. The molecule has 4 nitrogen and oxygen atoms in total. The number of likely N-dealkylation sites (N-methyl/N-ethyl adjacent to an activating group) is 1. The summed E-state index contributed by atoms with van der Waals surface area (Å²) >= 11 is 0. The molecular weight excluding hydrogens is 245 g/mol. The van der Waals surface area contributed by atoms with Crippen molar-refractivity contribution in [3.63, 3.8) is 0 Å². The van der Waals surface area contributed by atoms with E-state index in [-0.39, 0.29) is 30.4 Å². The highest BCUT2D eigenvalue weighted by atomic mass is 19.1. The van der Waals surface area contributed by atoms with E-state index in [1.165, 1.54) is 12.1 Å². The lowest BCUT2D eigenvalue weighted by atomic mass is 10.1. The van der Waals surface area contributed by atoms with Crippen LogP contribution in [-0.2, 0) is 4.79 Å². The summed E-state index contributed by atoms with van der Waals surface area (Å²) < 4.78 is 12.9. The summed E-state index contributed by atoms with van der Waals surface area (Å²) in [6.45, 7) is 4.46. The summed E-state index contributed by atoms with van der Waals surface area (Å²) in [6.07, 6.45) is 0. The van der Waals surface area contributed by atoms with Gasteiger partial charge >= 0.3 is 0 Å². The zero-order valence-corrected chi connectivity index (χ0v) is 11.7. The van der Waals surface area contributed by atoms with Gasteiger partial charge in [0.2, 0.25) is 5.91 Å². The topological polar surface area (TPSA) is 58.4 Å². The van der Waals surface area contributed by atoms with Crippen molar-refractivity contribution in [3.05, 3.63) is 35.6 Å². The molecule has 1 aromatic rings. The molecule has 0 fully saturated rings. The molecule has 1 amide bonds. The van der Waals surface area contributed by atoms with Gasteiger partial charge in [0.15, 0.2) is 0 Å². The quantitative estimate of drug-likeness (QED) is 0.816. The fourth-order valence-corrected chi connectivity index (χ4v) is 1.96. The van der Waals surface area contributed by atoms with Crippen LogP contribution >= 0.6 is 0 Å². The number of nitrogens with one attached hydrogen (secondary N) is 1. The highest BCUT2D eigenvalue weighted by Crippen LogP contribution is 2.18. The summed E-state index contributed by atoms with van der Waals surface area (Å²) in [7, 11) is 1.83. The van der Waals surface area contributed by atoms with Gasteiger partial charge in [-0.3, -0.25) is 9.69 Å². The molecule has 5 heteroatoms. The maximum Gasteiger partial charge on any atom is 0.234 e. The predicted octanol–water partition coefficient (Wildman–Crippen LogP) is 1.28. The van der Waals surface area contributed by atoms with Gasteiger partial charge in [-0.25, -0.2) is 4.39 Å². The second kappa shape index (κ2) is 7.21. The Morgan fingerprint density at radius 3 is 2.42 bits per heavy atom. The van der Waals surface area contributed by atoms with E-state index < -0.39 is 0 Å². The molecule has 0 spiro atoms. The number of hydrogen-bond donors (Lipinski definition) is 2. The van der Waals surface area contributed by atoms with Crippen molar-refractivity contribution in [3.8, 4) is 0 Å². The Hall–Kier alpha value is -1.46. The van der Waals surface area contributed by atoms with Crippen LogP contribution in [0.1, 0.15) is 25.5 Å². The fraction of sp³-hybridized carbons (Fsp3) is 0.500. The van der Waals surface area contributed by atoms with Gasteiger partial charge in [0, 0.05) is 18.6 Å². The van der Waals surface area contributed by atoms with Crippen LogP contribution in [0.4, 0.5) is 4.39 Å². The first kappa shape index (κ1) is 15.6. The maximum absolute atomic E-state index is 12.9. The van der Waals surface area contributed by atoms with E-state index >= 15 is 0 Å². The average Bonchev–Trinajstić information content (AvgIpc) is 2.31. The Labute approximate surface area is 113 Å². The number of rotatable bonds is 6. The lowest BCUT2D eigenvalue weighted by Crippen LogP contribution is -2.41. The van der Waals surface area contributed by atoms with Gasteiger partial charge in [-0.1, -0.05) is 12.1 Å². The lowest BCUT2D eigenvalue weighted by Gasteiger charge is -2.27. The molecule has 0 saturated carbocycles. The van der Waals surface area contributed by atoms with Crippen LogP contribution in [0.5, 0.6) is 0 Å². The third-order valence-corrected chi connectivity index (χ3v) is 2.85. The standard InChI is InChI=1S/C14H22FN3O/c1-10(2)17-14(19)9-18(3)13(8-16)11-4-6-12(15)7-5-11/h4-7,10,13H,8-9,16H2,1-3H3,(H,17,19). The van der Waals surface area contributed by atoms with Gasteiger partial charge in [-0.05, 0) is 38.6 Å². The summed E-state index contributed by atoms with van der Waals surface area (Å²) in [6, 6.07) is 6.22. The Kier molecular flexibility index (Phi) is 5.92.